The number of thiazole rings is 1. The zero-order valence-corrected chi connectivity index (χ0v) is 18.7. The summed E-state index contributed by atoms with van der Waals surface area (Å²) in [5.41, 5.74) is -0.159. The molecule has 0 radical (unpaired) electrons. The third kappa shape index (κ3) is 5.26. The molecule has 2 aromatic carbocycles. The zero-order chi connectivity index (χ0) is 24.3. The third-order valence-electron chi connectivity index (χ3n) is 4.52. The predicted molar refractivity (Wildman–Crippen MR) is 122 cm³/mol. The number of halogens is 3. The molecule has 0 saturated carbocycles. The Hall–Kier alpha value is -3.71. The van der Waals surface area contributed by atoms with Gasteiger partial charge in [0.25, 0.3) is 5.69 Å². The Morgan fingerprint density at radius 1 is 1.18 bits per heavy atom. The van der Waals surface area contributed by atoms with Crippen LogP contribution in [0, 0.1) is 10.1 Å². The lowest BCUT2D eigenvalue weighted by Crippen LogP contribution is -2.14. The Morgan fingerprint density at radius 3 is 2.68 bits per heavy atom. The molecule has 1 amide bonds. The highest BCUT2D eigenvalue weighted by molar-refractivity contribution is 7.99. The van der Waals surface area contributed by atoms with Crippen LogP contribution in [0.5, 0.6) is 0 Å². The molecule has 0 aliphatic carbocycles. The SMILES string of the molecule is O=C(CSc1ncc(-c2cccc([N+](=O)[O-])c2)n1-c1cccc(C(F)(F)F)c1)Nc1nccs1. The number of nitrogens with zero attached hydrogens (tertiary/aromatic N) is 4. The number of nitro groups is 1. The minimum Gasteiger partial charge on any atom is -0.301 e. The number of alkyl halides is 3. The van der Waals surface area contributed by atoms with E-state index in [0.717, 1.165) is 23.9 Å². The van der Waals surface area contributed by atoms with E-state index < -0.39 is 16.7 Å². The lowest BCUT2D eigenvalue weighted by Gasteiger charge is -2.14. The Balaban J connectivity index is 1.73. The minimum absolute atomic E-state index is 0.0794. The van der Waals surface area contributed by atoms with Crippen molar-refractivity contribution in [2.75, 3.05) is 11.1 Å². The van der Waals surface area contributed by atoms with Crippen LogP contribution in [0.4, 0.5) is 24.0 Å². The zero-order valence-electron chi connectivity index (χ0n) is 17.0. The van der Waals surface area contributed by atoms with Gasteiger partial charge in [-0.15, -0.1) is 11.3 Å². The summed E-state index contributed by atoms with van der Waals surface area (Å²) in [6.07, 6.45) is -1.62. The van der Waals surface area contributed by atoms with E-state index in [9.17, 15) is 28.1 Å². The molecule has 1 N–H and O–H groups in total. The highest BCUT2D eigenvalue weighted by atomic mass is 32.2. The van der Waals surface area contributed by atoms with Gasteiger partial charge in [-0.3, -0.25) is 19.5 Å². The second-order valence-electron chi connectivity index (χ2n) is 6.79. The number of hydrogen-bond donors (Lipinski definition) is 1. The molecular weight excluding hydrogens is 491 g/mol. The summed E-state index contributed by atoms with van der Waals surface area (Å²) in [5.74, 6) is -0.445. The molecular formula is C21H14F3N5O3S2. The van der Waals surface area contributed by atoms with Gasteiger partial charge in [-0.05, 0) is 18.2 Å². The molecule has 8 nitrogen and oxygen atoms in total. The molecule has 0 bridgehead atoms. The molecule has 0 atom stereocenters. The van der Waals surface area contributed by atoms with Crippen LogP contribution in [-0.4, -0.2) is 31.1 Å². The van der Waals surface area contributed by atoms with Gasteiger partial charge in [0.2, 0.25) is 5.91 Å². The predicted octanol–water partition coefficient (Wildman–Crippen LogP) is 5.65. The van der Waals surface area contributed by atoms with Crippen LogP contribution < -0.4 is 5.32 Å². The Bertz CT molecular complexity index is 1340. The Labute approximate surface area is 198 Å². The second kappa shape index (κ2) is 9.65. The van der Waals surface area contributed by atoms with E-state index in [2.05, 4.69) is 15.3 Å². The summed E-state index contributed by atoms with van der Waals surface area (Å²) >= 11 is 2.26. The fraction of sp³-hybridized carbons (Fsp3) is 0.0952. The van der Waals surface area contributed by atoms with Crippen LogP contribution in [0.15, 0.2) is 71.5 Å². The largest absolute Gasteiger partial charge is 0.416 e. The van der Waals surface area contributed by atoms with Crippen LogP contribution in [0.3, 0.4) is 0 Å². The number of nitro benzene ring substituents is 1. The molecule has 2 heterocycles. The number of anilines is 1. The smallest absolute Gasteiger partial charge is 0.301 e. The molecule has 4 aromatic rings. The average molecular weight is 506 g/mol. The monoisotopic (exact) mass is 505 g/mol. The Kier molecular flexibility index (Phi) is 6.65. The maximum atomic E-state index is 13.3. The summed E-state index contributed by atoms with van der Waals surface area (Å²) in [5, 5.41) is 16.2. The van der Waals surface area contributed by atoms with Crippen molar-refractivity contribution in [3.05, 3.63) is 82.0 Å². The number of nitrogens with one attached hydrogen (secondary N) is 1. The van der Waals surface area contributed by atoms with E-state index in [1.165, 1.54) is 52.4 Å². The summed E-state index contributed by atoms with van der Waals surface area (Å²) < 4.78 is 41.5. The molecule has 0 aliphatic rings. The van der Waals surface area contributed by atoms with Crippen molar-refractivity contribution >= 4 is 39.8 Å². The van der Waals surface area contributed by atoms with Gasteiger partial charge in [-0.25, -0.2) is 9.97 Å². The first-order valence-corrected chi connectivity index (χ1v) is 11.4. The molecule has 13 heteroatoms. The topological polar surface area (TPSA) is 103 Å². The van der Waals surface area contributed by atoms with Gasteiger partial charge in [0.05, 0.1) is 28.1 Å². The first kappa shape index (κ1) is 23.4. The van der Waals surface area contributed by atoms with Crippen molar-refractivity contribution in [1.29, 1.82) is 0 Å². The third-order valence-corrected chi connectivity index (χ3v) is 6.17. The first-order chi connectivity index (χ1) is 16.2. The highest BCUT2D eigenvalue weighted by Crippen LogP contribution is 2.35. The number of thioether (sulfide) groups is 1. The molecule has 174 valence electrons. The lowest BCUT2D eigenvalue weighted by molar-refractivity contribution is -0.384. The summed E-state index contributed by atoms with van der Waals surface area (Å²) in [7, 11) is 0. The number of carbonyl (C=O) groups excluding carboxylic acids is 1. The normalized spacial score (nSPS) is 11.4. The van der Waals surface area contributed by atoms with Crippen molar-refractivity contribution in [2.24, 2.45) is 0 Å². The maximum absolute atomic E-state index is 13.3. The van der Waals surface area contributed by atoms with E-state index >= 15 is 0 Å². The van der Waals surface area contributed by atoms with Crippen molar-refractivity contribution in [3.8, 4) is 16.9 Å². The van der Waals surface area contributed by atoms with Crippen LogP contribution >= 0.6 is 23.1 Å². The fourth-order valence-electron chi connectivity index (χ4n) is 3.06. The number of imidazole rings is 1. The van der Waals surface area contributed by atoms with Gasteiger partial charge in [-0.1, -0.05) is 30.0 Å². The standard InChI is InChI=1S/C21H14F3N5O3S2/c22-21(23,24)14-4-2-5-15(10-14)28-17(13-3-1-6-16(9-13)29(31)32)11-26-20(28)34-12-18(30)27-19-25-7-8-33-19/h1-11H,12H2,(H,25,27,30). The Morgan fingerprint density at radius 2 is 1.97 bits per heavy atom. The fourth-order valence-corrected chi connectivity index (χ4v) is 4.40. The lowest BCUT2D eigenvalue weighted by atomic mass is 10.1. The summed E-state index contributed by atoms with van der Waals surface area (Å²) in [4.78, 5) is 31.2. The number of rotatable bonds is 7. The number of aromatic nitrogens is 3. The molecule has 2 aromatic heterocycles. The second-order valence-corrected chi connectivity index (χ2v) is 8.63. The average Bonchev–Trinajstić information content (AvgIpc) is 3.47. The van der Waals surface area contributed by atoms with Crippen LogP contribution in [-0.2, 0) is 11.0 Å². The molecule has 34 heavy (non-hydrogen) atoms. The quantitative estimate of drug-likeness (QED) is 0.198. The van der Waals surface area contributed by atoms with E-state index in [-0.39, 0.29) is 28.2 Å². The van der Waals surface area contributed by atoms with Gasteiger partial charge in [0.1, 0.15) is 0 Å². The molecule has 0 unspecified atom stereocenters. The van der Waals surface area contributed by atoms with Crippen molar-refractivity contribution in [3.63, 3.8) is 0 Å². The number of hydrogen-bond acceptors (Lipinski definition) is 7. The van der Waals surface area contributed by atoms with Crippen molar-refractivity contribution < 1.29 is 22.9 Å². The van der Waals surface area contributed by atoms with Gasteiger partial charge >= 0.3 is 6.18 Å². The number of amides is 1. The van der Waals surface area contributed by atoms with Crippen LogP contribution in [0.2, 0.25) is 0 Å². The summed E-state index contributed by atoms with van der Waals surface area (Å²) in [6.45, 7) is 0. The van der Waals surface area contributed by atoms with Gasteiger partial charge in [0, 0.05) is 35.0 Å². The molecule has 0 saturated heterocycles. The number of carbonyl (C=O) groups is 1. The molecule has 0 fully saturated rings. The van der Waals surface area contributed by atoms with E-state index in [1.807, 2.05) is 0 Å². The van der Waals surface area contributed by atoms with Crippen LogP contribution in [0.25, 0.3) is 16.9 Å². The van der Waals surface area contributed by atoms with Gasteiger partial charge < -0.3 is 5.32 Å². The first-order valence-electron chi connectivity index (χ1n) is 9.55. The van der Waals surface area contributed by atoms with Crippen molar-refractivity contribution in [2.45, 2.75) is 11.3 Å². The molecule has 0 aliphatic heterocycles. The molecule has 0 spiro atoms. The minimum atomic E-state index is -4.57. The van der Waals surface area contributed by atoms with Crippen molar-refractivity contribution in [1.82, 2.24) is 14.5 Å². The summed E-state index contributed by atoms with van der Waals surface area (Å²) in [6, 6.07) is 10.3. The van der Waals surface area contributed by atoms with Crippen LogP contribution in [0.1, 0.15) is 5.56 Å². The van der Waals surface area contributed by atoms with E-state index in [1.54, 1.807) is 17.6 Å². The van der Waals surface area contributed by atoms with E-state index in [0.29, 0.717) is 16.4 Å². The number of non-ortho nitro benzene ring substituents is 1. The molecule has 4 rings (SSSR count). The van der Waals surface area contributed by atoms with E-state index in [4.69, 9.17) is 0 Å². The van der Waals surface area contributed by atoms with Gasteiger partial charge in [-0.2, -0.15) is 13.2 Å². The maximum Gasteiger partial charge on any atom is 0.416 e. The number of benzene rings is 2. The highest BCUT2D eigenvalue weighted by Gasteiger charge is 2.31. The van der Waals surface area contributed by atoms with Gasteiger partial charge in [0.15, 0.2) is 10.3 Å².